The van der Waals surface area contributed by atoms with Crippen LogP contribution in [0.4, 0.5) is 17.6 Å². The van der Waals surface area contributed by atoms with E-state index in [1.54, 1.807) is 6.92 Å². The molecule has 1 N–H and O–H groups in total. The number of esters is 1. The second-order valence-electron chi connectivity index (χ2n) is 5.85. The molecule has 0 atom stereocenters. The molecule has 3 rings (SSSR count). The maximum absolute atomic E-state index is 13.8. The summed E-state index contributed by atoms with van der Waals surface area (Å²) in [4.78, 5) is 26.6. The molecule has 0 fully saturated rings. The Morgan fingerprint density at radius 2 is 1.96 bits per heavy atom. The van der Waals surface area contributed by atoms with Gasteiger partial charge in [-0.05, 0) is 25.5 Å². The van der Waals surface area contributed by atoms with Crippen LogP contribution in [0.3, 0.4) is 0 Å². The zero-order valence-electron chi connectivity index (χ0n) is 14.3. The highest BCUT2D eigenvalue weighted by atomic mass is 19.4. The van der Waals surface area contributed by atoms with Gasteiger partial charge in [-0.15, -0.1) is 0 Å². The highest BCUT2D eigenvalue weighted by Gasteiger charge is 2.40. The Morgan fingerprint density at radius 1 is 1.26 bits per heavy atom. The molecule has 27 heavy (non-hydrogen) atoms. The number of carbonyl (C=O) groups excluding carboxylic acids is 1. The number of halogens is 4. The van der Waals surface area contributed by atoms with E-state index >= 15 is 0 Å². The number of benzene rings is 1. The minimum atomic E-state index is -4.94. The second-order valence-corrected chi connectivity index (χ2v) is 5.85. The second kappa shape index (κ2) is 6.57. The Hall–Kier alpha value is -3.10. The largest absolute Gasteiger partial charge is 0.462 e. The van der Waals surface area contributed by atoms with Gasteiger partial charge < -0.3 is 14.1 Å². The Labute approximate surface area is 150 Å². The van der Waals surface area contributed by atoms with E-state index in [1.807, 2.05) is 0 Å². The minimum Gasteiger partial charge on any atom is -0.462 e. The summed E-state index contributed by atoms with van der Waals surface area (Å²) >= 11 is 0. The van der Waals surface area contributed by atoms with Crippen LogP contribution >= 0.6 is 0 Å². The van der Waals surface area contributed by atoms with E-state index in [0.29, 0.717) is 5.56 Å². The Balaban J connectivity index is 2.28. The van der Waals surface area contributed by atoms with E-state index in [4.69, 9.17) is 0 Å². The first-order valence-electron chi connectivity index (χ1n) is 7.92. The zero-order valence-corrected chi connectivity index (χ0v) is 14.3. The molecule has 0 saturated carbocycles. The number of hydrogen-bond donors (Lipinski definition) is 1. The van der Waals surface area contributed by atoms with E-state index in [9.17, 15) is 27.2 Å². The fraction of sp³-hybridized carbons (Fsp3) is 0.222. The van der Waals surface area contributed by atoms with Crippen LogP contribution in [0, 0.1) is 12.7 Å². The van der Waals surface area contributed by atoms with E-state index in [2.05, 4.69) is 9.72 Å². The van der Waals surface area contributed by atoms with Gasteiger partial charge in [-0.3, -0.25) is 4.79 Å². The van der Waals surface area contributed by atoms with Crippen LogP contribution in [-0.4, -0.2) is 22.0 Å². The van der Waals surface area contributed by atoms with Crippen LogP contribution in [-0.2, 0) is 10.9 Å². The maximum Gasteiger partial charge on any atom is 0.419 e. The van der Waals surface area contributed by atoms with Crippen LogP contribution in [0.25, 0.3) is 16.8 Å². The van der Waals surface area contributed by atoms with Gasteiger partial charge in [0.05, 0.1) is 17.9 Å². The number of aryl methyl sites for hydroxylation is 1. The van der Waals surface area contributed by atoms with Gasteiger partial charge in [0.15, 0.2) is 0 Å². The molecule has 0 spiro atoms. The van der Waals surface area contributed by atoms with Crippen molar-refractivity contribution in [2.45, 2.75) is 20.0 Å². The van der Waals surface area contributed by atoms with Gasteiger partial charge in [0.1, 0.15) is 16.9 Å². The summed E-state index contributed by atoms with van der Waals surface area (Å²) in [7, 11) is 0. The first kappa shape index (κ1) is 18.7. The molecule has 9 heteroatoms. The Kier molecular flexibility index (Phi) is 4.54. The SMILES string of the molecule is CCOC(=O)c1cn2cc(-c3ccc(C)c(F)c3)[nH]c(=O)c2c1C(F)(F)F. The number of rotatable bonds is 3. The summed E-state index contributed by atoms with van der Waals surface area (Å²) in [5, 5.41) is 0. The molecule has 0 aliphatic carbocycles. The number of fused-ring (bicyclic) bond motifs is 1. The molecule has 3 aromatic rings. The minimum absolute atomic E-state index is 0.102. The highest BCUT2D eigenvalue weighted by molar-refractivity contribution is 5.94. The van der Waals surface area contributed by atoms with Crippen molar-refractivity contribution in [3.63, 3.8) is 0 Å². The van der Waals surface area contributed by atoms with Gasteiger partial charge in [0, 0.05) is 18.0 Å². The predicted molar refractivity (Wildman–Crippen MR) is 89.1 cm³/mol. The number of H-pyrrole nitrogens is 1. The molecule has 0 unspecified atom stereocenters. The molecular weight excluding hydrogens is 368 g/mol. The van der Waals surface area contributed by atoms with Crippen LogP contribution in [0.1, 0.15) is 28.4 Å². The van der Waals surface area contributed by atoms with Crippen molar-refractivity contribution in [2.75, 3.05) is 6.61 Å². The number of nitrogens with one attached hydrogen (secondary N) is 1. The number of aromatic amines is 1. The molecule has 0 radical (unpaired) electrons. The average Bonchev–Trinajstić information content (AvgIpc) is 2.98. The molecule has 0 aliphatic rings. The number of ether oxygens (including phenoxy) is 1. The van der Waals surface area contributed by atoms with Gasteiger partial charge in [-0.1, -0.05) is 12.1 Å². The molecule has 2 heterocycles. The normalized spacial score (nSPS) is 11.8. The zero-order chi connectivity index (χ0) is 19.9. The molecule has 2 aromatic heterocycles. The van der Waals surface area contributed by atoms with E-state index < -0.39 is 40.2 Å². The summed E-state index contributed by atoms with van der Waals surface area (Å²) in [6.45, 7) is 2.89. The van der Waals surface area contributed by atoms with E-state index in [1.165, 1.54) is 25.3 Å². The standard InChI is InChI=1S/C18H14F4N2O3/c1-3-27-17(26)11-7-24-8-13(10-5-4-9(2)12(19)6-10)23-16(25)15(24)14(11)18(20,21)22/h4-8H,3H2,1-2H3,(H,23,25). The lowest BCUT2D eigenvalue weighted by Gasteiger charge is -2.09. The van der Waals surface area contributed by atoms with Crippen molar-refractivity contribution >= 4 is 11.5 Å². The van der Waals surface area contributed by atoms with Crippen LogP contribution in [0.15, 0.2) is 35.4 Å². The predicted octanol–water partition coefficient (Wildman–Crippen LogP) is 3.94. The van der Waals surface area contributed by atoms with Crippen molar-refractivity contribution in [2.24, 2.45) is 0 Å². The summed E-state index contributed by atoms with van der Waals surface area (Å²) in [5.41, 5.74) is -3.17. The quantitative estimate of drug-likeness (QED) is 0.551. The fourth-order valence-electron chi connectivity index (χ4n) is 2.77. The van der Waals surface area contributed by atoms with Gasteiger partial charge >= 0.3 is 12.1 Å². The number of alkyl halides is 3. The molecular formula is C18H14F4N2O3. The lowest BCUT2D eigenvalue weighted by molar-refractivity contribution is -0.136. The number of aromatic nitrogens is 2. The van der Waals surface area contributed by atoms with Crippen LogP contribution < -0.4 is 5.56 Å². The maximum atomic E-state index is 13.8. The van der Waals surface area contributed by atoms with Gasteiger partial charge in [-0.25, -0.2) is 9.18 Å². The molecule has 0 amide bonds. The highest BCUT2D eigenvalue weighted by Crippen LogP contribution is 2.36. The third kappa shape index (κ3) is 3.32. The van der Waals surface area contributed by atoms with Crippen LogP contribution in [0.2, 0.25) is 0 Å². The molecule has 1 aromatic carbocycles. The lowest BCUT2D eigenvalue weighted by atomic mass is 10.1. The topological polar surface area (TPSA) is 63.6 Å². The molecule has 5 nitrogen and oxygen atoms in total. The van der Waals surface area contributed by atoms with Crippen LogP contribution in [0.5, 0.6) is 0 Å². The summed E-state index contributed by atoms with van der Waals surface area (Å²) in [6, 6.07) is 4.16. The third-order valence-corrected chi connectivity index (χ3v) is 4.03. The van der Waals surface area contributed by atoms with E-state index in [0.717, 1.165) is 16.7 Å². The van der Waals surface area contributed by atoms with Crippen molar-refractivity contribution in [1.82, 2.24) is 9.38 Å². The van der Waals surface area contributed by atoms with Crippen molar-refractivity contribution in [3.8, 4) is 11.3 Å². The number of carbonyl (C=O) groups is 1. The summed E-state index contributed by atoms with van der Waals surface area (Å²) in [5.74, 6) is -1.71. The Morgan fingerprint density at radius 3 is 2.56 bits per heavy atom. The third-order valence-electron chi connectivity index (χ3n) is 4.03. The van der Waals surface area contributed by atoms with Crippen molar-refractivity contribution in [3.05, 3.63) is 63.5 Å². The average molecular weight is 382 g/mol. The first-order chi connectivity index (χ1) is 12.6. The van der Waals surface area contributed by atoms with Crippen molar-refractivity contribution < 1.29 is 27.1 Å². The van der Waals surface area contributed by atoms with E-state index in [-0.39, 0.29) is 17.9 Å². The van der Waals surface area contributed by atoms with Crippen molar-refractivity contribution in [1.29, 1.82) is 0 Å². The van der Waals surface area contributed by atoms with Gasteiger partial charge in [-0.2, -0.15) is 13.2 Å². The Bertz CT molecular complexity index is 1100. The van der Waals surface area contributed by atoms with Gasteiger partial charge in [0.2, 0.25) is 0 Å². The summed E-state index contributed by atoms with van der Waals surface area (Å²) in [6.07, 6.45) is -2.86. The molecule has 142 valence electrons. The van der Waals surface area contributed by atoms with Gasteiger partial charge in [0.25, 0.3) is 5.56 Å². The first-order valence-corrected chi connectivity index (χ1v) is 7.92. The number of nitrogens with zero attached hydrogens (tertiary/aromatic N) is 1. The fourth-order valence-corrected chi connectivity index (χ4v) is 2.77. The molecule has 0 bridgehead atoms. The number of hydrogen-bond acceptors (Lipinski definition) is 3. The lowest BCUT2D eigenvalue weighted by Crippen LogP contribution is -2.18. The smallest absolute Gasteiger partial charge is 0.419 e. The summed E-state index contributed by atoms with van der Waals surface area (Å²) < 4.78 is 59.8. The molecule has 0 aliphatic heterocycles. The monoisotopic (exact) mass is 382 g/mol. The molecule has 0 saturated heterocycles.